The largest absolute Gasteiger partial charge is 0.534 e. The molecule has 0 radical (unpaired) electrons. The van der Waals surface area contributed by atoms with Gasteiger partial charge in [0.2, 0.25) is 0 Å². The summed E-state index contributed by atoms with van der Waals surface area (Å²) in [6.45, 7) is 3.44. The van der Waals surface area contributed by atoms with Gasteiger partial charge < -0.3 is 14.2 Å². The van der Waals surface area contributed by atoms with Crippen LogP contribution in [0.25, 0.3) is 0 Å². The zero-order chi connectivity index (χ0) is 18.4. The second kappa shape index (κ2) is 8.09. The van der Waals surface area contributed by atoms with E-state index in [2.05, 4.69) is 0 Å². The number of methoxy groups -OCH3 is 1. The molecule has 2 amide bonds. The zero-order valence-corrected chi connectivity index (χ0v) is 14.4. The van der Waals surface area contributed by atoms with Crippen LogP contribution in [0.5, 0.6) is 0 Å². The van der Waals surface area contributed by atoms with Gasteiger partial charge in [-0.2, -0.15) is 0 Å². The van der Waals surface area contributed by atoms with Crippen molar-refractivity contribution in [3.8, 4) is 0 Å². The van der Waals surface area contributed by atoms with Gasteiger partial charge in [-0.3, -0.25) is 14.4 Å². The van der Waals surface area contributed by atoms with Crippen LogP contribution in [0, 0.1) is 0 Å². The molecule has 1 fully saturated rings. The summed E-state index contributed by atoms with van der Waals surface area (Å²) in [5.41, 5.74) is 0.672. The lowest BCUT2D eigenvalue weighted by atomic mass is 10.1. The molecule has 8 nitrogen and oxygen atoms in total. The number of carbonyl (C=O) groups excluding carboxylic acids is 3. The van der Waals surface area contributed by atoms with Crippen LogP contribution in [-0.4, -0.2) is 42.5 Å². The molecule has 0 bridgehead atoms. The molecule has 1 atom stereocenters. The van der Waals surface area contributed by atoms with E-state index in [0.717, 1.165) is 0 Å². The maximum atomic E-state index is 12.0. The molecule has 0 aliphatic carbocycles. The fraction of sp³-hybridized carbons (Fsp3) is 0.471. The fourth-order valence-electron chi connectivity index (χ4n) is 2.07. The molecule has 0 aromatic heterocycles. The Kier molecular flexibility index (Phi) is 6.11. The first-order chi connectivity index (χ1) is 11.8. The number of nitrogens with zero attached hydrogens (tertiary/aromatic N) is 1. The Bertz CT molecular complexity index is 613. The maximum Gasteiger partial charge on any atom is 0.534 e. The van der Waals surface area contributed by atoms with Gasteiger partial charge in [-0.05, 0) is 19.4 Å². The van der Waals surface area contributed by atoms with E-state index in [4.69, 9.17) is 19.0 Å². The van der Waals surface area contributed by atoms with Crippen LogP contribution < -0.4 is 0 Å². The van der Waals surface area contributed by atoms with Crippen molar-refractivity contribution in [3.05, 3.63) is 35.9 Å². The van der Waals surface area contributed by atoms with Crippen molar-refractivity contribution >= 4 is 18.0 Å². The number of rotatable bonds is 7. The molecule has 1 aromatic carbocycles. The summed E-state index contributed by atoms with van der Waals surface area (Å²) in [5, 5.41) is 0.435. The van der Waals surface area contributed by atoms with Gasteiger partial charge in [0.05, 0.1) is 6.61 Å². The van der Waals surface area contributed by atoms with E-state index >= 15 is 0 Å². The van der Waals surface area contributed by atoms with E-state index in [1.54, 1.807) is 38.1 Å². The van der Waals surface area contributed by atoms with E-state index in [9.17, 15) is 14.4 Å². The van der Waals surface area contributed by atoms with Crippen LogP contribution in [0.2, 0.25) is 0 Å². The van der Waals surface area contributed by atoms with Crippen molar-refractivity contribution in [2.45, 2.75) is 38.6 Å². The van der Waals surface area contributed by atoms with E-state index in [-0.39, 0.29) is 19.4 Å². The summed E-state index contributed by atoms with van der Waals surface area (Å²) in [5.74, 6) is -2.02. The minimum atomic E-state index is -1.16. The Labute approximate surface area is 145 Å². The molecule has 1 aliphatic heterocycles. The topological polar surface area (TPSA) is 91.4 Å². The quantitative estimate of drug-likeness (QED) is 0.423. The number of benzene rings is 1. The Balaban J connectivity index is 2.03. The monoisotopic (exact) mass is 351 g/mol. The predicted molar refractivity (Wildman–Crippen MR) is 84.9 cm³/mol. The molecule has 1 aliphatic rings. The first-order valence-corrected chi connectivity index (χ1v) is 7.81. The first kappa shape index (κ1) is 18.9. The lowest BCUT2D eigenvalue weighted by Crippen LogP contribution is -2.34. The molecular weight excluding hydrogens is 330 g/mol. The molecule has 1 saturated heterocycles. The molecule has 1 aromatic rings. The van der Waals surface area contributed by atoms with Crippen molar-refractivity contribution in [2.75, 3.05) is 13.7 Å². The third-order valence-electron chi connectivity index (χ3n) is 3.66. The van der Waals surface area contributed by atoms with E-state index in [1.165, 1.54) is 7.11 Å². The van der Waals surface area contributed by atoms with Crippen molar-refractivity contribution in [2.24, 2.45) is 0 Å². The summed E-state index contributed by atoms with van der Waals surface area (Å²) in [7, 11) is 1.50. The van der Waals surface area contributed by atoms with Crippen LogP contribution in [0.3, 0.4) is 0 Å². The van der Waals surface area contributed by atoms with E-state index in [0.29, 0.717) is 10.6 Å². The zero-order valence-electron chi connectivity index (χ0n) is 14.4. The van der Waals surface area contributed by atoms with Crippen molar-refractivity contribution in [3.63, 3.8) is 0 Å². The van der Waals surface area contributed by atoms with Gasteiger partial charge in [-0.15, -0.1) is 0 Å². The van der Waals surface area contributed by atoms with Crippen LogP contribution >= 0.6 is 0 Å². The number of amides is 2. The van der Waals surface area contributed by atoms with Crippen molar-refractivity contribution in [1.82, 2.24) is 5.06 Å². The third kappa shape index (κ3) is 5.27. The number of ether oxygens (including phenoxy) is 3. The highest BCUT2D eigenvalue weighted by molar-refractivity contribution is 6.01. The standard InChI is InChI=1S/C17H21NO7/c1-17(2,22-3)23-11-13(12-7-5-4-6-8-12)24-16(21)25-18-14(19)9-10-15(18)20/h4-8,13H,9-11H2,1-3H3. The number of hydrogen-bond donors (Lipinski definition) is 0. The summed E-state index contributed by atoms with van der Waals surface area (Å²) in [6, 6.07) is 8.90. The van der Waals surface area contributed by atoms with E-state index in [1.807, 2.05) is 6.07 Å². The molecule has 0 N–H and O–H groups in total. The SMILES string of the molecule is COC(C)(C)OCC(OC(=O)ON1C(=O)CCC1=O)c1ccccc1. The minimum absolute atomic E-state index is 0.00183. The molecule has 2 rings (SSSR count). The number of hydroxylamine groups is 2. The van der Waals surface area contributed by atoms with Crippen LogP contribution in [-0.2, 0) is 28.6 Å². The summed E-state index contributed by atoms with van der Waals surface area (Å²) in [4.78, 5) is 39.7. The predicted octanol–water partition coefficient (Wildman–Crippen LogP) is 2.34. The highest BCUT2D eigenvalue weighted by Crippen LogP contribution is 2.22. The second-order valence-corrected chi connectivity index (χ2v) is 5.86. The highest BCUT2D eigenvalue weighted by Gasteiger charge is 2.34. The van der Waals surface area contributed by atoms with Crippen LogP contribution in [0.15, 0.2) is 30.3 Å². The highest BCUT2D eigenvalue weighted by atomic mass is 16.8. The molecule has 1 heterocycles. The van der Waals surface area contributed by atoms with Gasteiger partial charge in [-0.1, -0.05) is 35.4 Å². The number of imide groups is 1. The minimum Gasteiger partial charge on any atom is -0.422 e. The lowest BCUT2D eigenvalue weighted by molar-refractivity contribution is -0.213. The van der Waals surface area contributed by atoms with E-state index < -0.39 is 29.9 Å². The molecular formula is C17H21NO7. The molecule has 0 saturated carbocycles. The maximum absolute atomic E-state index is 12.0. The fourth-order valence-corrected chi connectivity index (χ4v) is 2.07. The van der Waals surface area contributed by atoms with Gasteiger partial charge >= 0.3 is 6.16 Å². The molecule has 0 spiro atoms. The normalized spacial score (nSPS) is 16.0. The summed E-state index contributed by atoms with van der Waals surface area (Å²) < 4.78 is 16.0. The first-order valence-electron chi connectivity index (χ1n) is 7.81. The molecule has 8 heteroatoms. The van der Waals surface area contributed by atoms with Crippen LogP contribution in [0.4, 0.5) is 4.79 Å². The average molecular weight is 351 g/mol. The van der Waals surface area contributed by atoms with Gasteiger partial charge in [0, 0.05) is 20.0 Å². The Morgan fingerprint density at radius 1 is 1.16 bits per heavy atom. The van der Waals surface area contributed by atoms with Crippen LogP contribution in [0.1, 0.15) is 38.4 Å². The second-order valence-electron chi connectivity index (χ2n) is 5.86. The van der Waals surface area contributed by atoms with Crippen molar-refractivity contribution < 1.29 is 33.4 Å². The van der Waals surface area contributed by atoms with Crippen molar-refractivity contribution in [1.29, 1.82) is 0 Å². The number of carbonyl (C=O) groups is 3. The lowest BCUT2D eigenvalue weighted by Gasteiger charge is -2.26. The molecule has 1 unspecified atom stereocenters. The molecule has 136 valence electrons. The van der Waals surface area contributed by atoms with Gasteiger partial charge in [0.15, 0.2) is 11.9 Å². The smallest absolute Gasteiger partial charge is 0.422 e. The Hall–Kier alpha value is -2.45. The third-order valence-corrected chi connectivity index (χ3v) is 3.66. The average Bonchev–Trinajstić information content (AvgIpc) is 2.91. The summed E-state index contributed by atoms with van der Waals surface area (Å²) in [6.07, 6.45) is -1.93. The number of hydrogen-bond acceptors (Lipinski definition) is 7. The Morgan fingerprint density at radius 2 is 1.76 bits per heavy atom. The van der Waals surface area contributed by atoms with Gasteiger partial charge in [-0.25, -0.2) is 4.79 Å². The van der Waals surface area contributed by atoms with Gasteiger partial charge in [0.1, 0.15) is 0 Å². The summed E-state index contributed by atoms with van der Waals surface area (Å²) >= 11 is 0. The Morgan fingerprint density at radius 3 is 2.32 bits per heavy atom. The van der Waals surface area contributed by atoms with Gasteiger partial charge in [0.25, 0.3) is 11.8 Å². The molecule has 25 heavy (non-hydrogen) atoms.